The number of carbonyl (C=O) groups excluding carboxylic acids is 1. The van der Waals surface area contributed by atoms with Crippen LogP contribution in [0.25, 0.3) is 0 Å². The van der Waals surface area contributed by atoms with Gasteiger partial charge in [0, 0.05) is 37.9 Å². The molecule has 1 fully saturated rings. The summed E-state index contributed by atoms with van der Waals surface area (Å²) in [7, 11) is 3.50. The zero-order chi connectivity index (χ0) is 13.8. The van der Waals surface area contributed by atoms with Gasteiger partial charge in [-0.1, -0.05) is 0 Å². The molecule has 0 saturated carbocycles. The number of hydrogen-bond donors (Lipinski definition) is 1. The molecule has 1 saturated heterocycles. The number of anilines is 1. The maximum absolute atomic E-state index is 11.4. The number of esters is 1. The number of piperazine rings is 1. The van der Waals surface area contributed by atoms with E-state index in [-0.39, 0.29) is 5.97 Å². The van der Waals surface area contributed by atoms with Crippen molar-refractivity contribution in [1.82, 2.24) is 4.90 Å². The maximum Gasteiger partial charge on any atom is 0.337 e. The zero-order valence-electron chi connectivity index (χ0n) is 11.5. The second-order valence-corrected chi connectivity index (χ2v) is 4.85. The van der Waals surface area contributed by atoms with Gasteiger partial charge in [0.05, 0.1) is 12.7 Å². The van der Waals surface area contributed by atoms with Crippen molar-refractivity contribution in [3.63, 3.8) is 0 Å². The fourth-order valence-electron chi connectivity index (χ4n) is 2.36. The lowest BCUT2D eigenvalue weighted by molar-refractivity contribution is 0.0601. The number of likely N-dealkylation sites (N-methyl/N-ethyl adjacent to an activating group) is 1. The Morgan fingerprint density at radius 2 is 2.05 bits per heavy atom. The molecular weight excluding hydrogens is 242 g/mol. The molecule has 1 aromatic rings. The highest BCUT2D eigenvalue weighted by atomic mass is 16.5. The van der Waals surface area contributed by atoms with Crippen molar-refractivity contribution in [1.29, 1.82) is 0 Å². The largest absolute Gasteiger partial charge is 0.465 e. The smallest absolute Gasteiger partial charge is 0.337 e. The number of nitrogens with zero attached hydrogens (tertiary/aromatic N) is 2. The van der Waals surface area contributed by atoms with Crippen LogP contribution in [0.1, 0.15) is 10.4 Å². The van der Waals surface area contributed by atoms with Crippen LogP contribution in [0.2, 0.25) is 0 Å². The van der Waals surface area contributed by atoms with Crippen molar-refractivity contribution in [2.24, 2.45) is 5.73 Å². The Kier molecular flexibility index (Phi) is 4.39. The molecule has 1 heterocycles. The summed E-state index contributed by atoms with van der Waals surface area (Å²) in [5.74, 6) is -0.301. The molecule has 5 heteroatoms. The van der Waals surface area contributed by atoms with E-state index in [9.17, 15) is 4.79 Å². The standard InChI is InChI=1S/C14H21N3O2/c1-16-7-8-17(10-13(16)9-15)12-5-3-11(4-6-12)14(18)19-2/h3-6,13H,7-10,15H2,1-2H3. The molecule has 0 aliphatic carbocycles. The van der Waals surface area contributed by atoms with Gasteiger partial charge in [0.1, 0.15) is 0 Å². The molecule has 0 radical (unpaired) electrons. The molecule has 1 unspecified atom stereocenters. The molecule has 1 aromatic carbocycles. The van der Waals surface area contributed by atoms with E-state index in [2.05, 4.69) is 16.8 Å². The Morgan fingerprint density at radius 3 is 2.63 bits per heavy atom. The predicted molar refractivity (Wildman–Crippen MR) is 75.5 cm³/mol. The number of nitrogens with two attached hydrogens (primary N) is 1. The van der Waals surface area contributed by atoms with Gasteiger partial charge < -0.3 is 15.4 Å². The van der Waals surface area contributed by atoms with Gasteiger partial charge in [-0.2, -0.15) is 0 Å². The van der Waals surface area contributed by atoms with Crippen molar-refractivity contribution in [2.45, 2.75) is 6.04 Å². The minimum absolute atomic E-state index is 0.301. The van der Waals surface area contributed by atoms with Crippen molar-refractivity contribution >= 4 is 11.7 Å². The van der Waals surface area contributed by atoms with Gasteiger partial charge in [0.25, 0.3) is 0 Å². The number of hydrogen-bond acceptors (Lipinski definition) is 5. The van der Waals surface area contributed by atoms with E-state index in [0.717, 1.165) is 25.3 Å². The Balaban J connectivity index is 2.08. The van der Waals surface area contributed by atoms with Crippen LogP contribution in [0, 0.1) is 0 Å². The zero-order valence-corrected chi connectivity index (χ0v) is 11.5. The van der Waals surface area contributed by atoms with Crippen LogP contribution in [0.5, 0.6) is 0 Å². The van der Waals surface area contributed by atoms with Crippen molar-refractivity contribution in [3.8, 4) is 0 Å². The van der Waals surface area contributed by atoms with E-state index in [1.54, 1.807) is 12.1 Å². The second kappa shape index (κ2) is 6.04. The molecule has 1 atom stereocenters. The van der Waals surface area contributed by atoms with Crippen molar-refractivity contribution < 1.29 is 9.53 Å². The maximum atomic E-state index is 11.4. The topological polar surface area (TPSA) is 58.8 Å². The number of rotatable bonds is 3. The van der Waals surface area contributed by atoms with E-state index >= 15 is 0 Å². The molecule has 2 rings (SSSR count). The number of carbonyl (C=O) groups is 1. The molecule has 0 spiro atoms. The summed E-state index contributed by atoms with van der Waals surface area (Å²) < 4.78 is 4.69. The summed E-state index contributed by atoms with van der Waals surface area (Å²) in [5, 5.41) is 0. The molecule has 1 aliphatic heterocycles. The van der Waals surface area contributed by atoms with E-state index in [1.165, 1.54) is 7.11 Å². The molecule has 1 aliphatic rings. The minimum atomic E-state index is -0.301. The van der Waals surface area contributed by atoms with Crippen LogP contribution in [0.3, 0.4) is 0 Å². The van der Waals surface area contributed by atoms with E-state index in [0.29, 0.717) is 18.2 Å². The normalized spacial score (nSPS) is 20.4. The van der Waals surface area contributed by atoms with E-state index in [4.69, 9.17) is 10.5 Å². The number of ether oxygens (including phenoxy) is 1. The molecule has 0 bridgehead atoms. The summed E-state index contributed by atoms with van der Waals surface area (Å²) in [6.45, 7) is 3.56. The fourth-order valence-corrected chi connectivity index (χ4v) is 2.36. The Hall–Kier alpha value is -1.59. The summed E-state index contributed by atoms with van der Waals surface area (Å²) in [4.78, 5) is 16.0. The van der Waals surface area contributed by atoms with Gasteiger partial charge in [-0.25, -0.2) is 4.79 Å². The number of methoxy groups -OCH3 is 1. The third-order valence-corrected chi connectivity index (χ3v) is 3.70. The average molecular weight is 263 g/mol. The first kappa shape index (κ1) is 13.8. The third-order valence-electron chi connectivity index (χ3n) is 3.70. The molecule has 5 nitrogen and oxygen atoms in total. The van der Waals surface area contributed by atoms with Gasteiger partial charge in [-0.15, -0.1) is 0 Å². The minimum Gasteiger partial charge on any atom is -0.465 e. The highest BCUT2D eigenvalue weighted by Gasteiger charge is 2.23. The monoisotopic (exact) mass is 263 g/mol. The molecule has 0 aromatic heterocycles. The Bertz CT molecular complexity index is 433. The van der Waals surface area contributed by atoms with Crippen LogP contribution in [0.4, 0.5) is 5.69 Å². The van der Waals surface area contributed by atoms with Crippen LogP contribution in [0.15, 0.2) is 24.3 Å². The summed E-state index contributed by atoms with van der Waals surface area (Å²) in [5.41, 5.74) is 7.49. The van der Waals surface area contributed by atoms with Crippen LogP contribution in [-0.2, 0) is 4.74 Å². The first-order valence-corrected chi connectivity index (χ1v) is 6.49. The summed E-state index contributed by atoms with van der Waals surface area (Å²) >= 11 is 0. The first-order chi connectivity index (χ1) is 9.15. The van der Waals surface area contributed by atoms with Crippen LogP contribution in [-0.4, -0.2) is 57.2 Å². The van der Waals surface area contributed by atoms with E-state index in [1.807, 2.05) is 12.1 Å². The lowest BCUT2D eigenvalue weighted by Gasteiger charge is -2.40. The second-order valence-electron chi connectivity index (χ2n) is 4.85. The lowest BCUT2D eigenvalue weighted by Crippen LogP contribution is -2.54. The van der Waals surface area contributed by atoms with Gasteiger partial charge in [0.2, 0.25) is 0 Å². The van der Waals surface area contributed by atoms with Gasteiger partial charge in [-0.05, 0) is 31.3 Å². The molecule has 0 amide bonds. The predicted octanol–water partition coefficient (Wildman–Crippen LogP) is 0.552. The Morgan fingerprint density at radius 1 is 1.37 bits per heavy atom. The highest BCUT2D eigenvalue weighted by Crippen LogP contribution is 2.19. The van der Waals surface area contributed by atoms with Crippen molar-refractivity contribution in [3.05, 3.63) is 29.8 Å². The summed E-state index contributed by atoms with van der Waals surface area (Å²) in [6, 6.07) is 7.92. The van der Waals surface area contributed by atoms with Gasteiger partial charge in [0.15, 0.2) is 0 Å². The third kappa shape index (κ3) is 3.05. The average Bonchev–Trinajstić information content (AvgIpc) is 2.47. The number of benzene rings is 1. The fraction of sp³-hybridized carbons (Fsp3) is 0.500. The van der Waals surface area contributed by atoms with Gasteiger partial charge in [-0.3, -0.25) is 4.90 Å². The van der Waals surface area contributed by atoms with E-state index < -0.39 is 0 Å². The summed E-state index contributed by atoms with van der Waals surface area (Å²) in [6.07, 6.45) is 0. The Labute approximate surface area is 113 Å². The molecule has 104 valence electrons. The highest BCUT2D eigenvalue weighted by molar-refractivity contribution is 5.89. The van der Waals surface area contributed by atoms with Crippen molar-refractivity contribution in [2.75, 3.05) is 45.2 Å². The lowest BCUT2D eigenvalue weighted by atomic mass is 10.1. The quantitative estimate of drug-likeness (QED) is 0.807. The van der Waals surface area contributed by atoms with Crippen LogP contribution < -0.4 is 10.6 Å². The van der Waals surface area contributed by atoms with Gasteiger partial charge >= 0.3 is 5.97 Å². The SMILES string of the molecule is COC(=O)c1ccc(N2CCN(C)C(CN)C2)cc1. The molecular formula is C14H21N3O2. The molecule has 19 heavy (non-hydrogen) atoms. The molecule has 2 N–H and O–H groups in total. The first-order valence-electron chi connectivity index (χ1n) is 6.49. The van der Waals surface area contributed by atoms with Crippen LogP contribution >= 0.6 is 0 Å².